The third kappa shape index (κ3) is 14.8. The molecule has 0 fully saturated rings. The highest BCUT2D eigenvalue weighted by molar-refractivity contribution is 5.69. The Balaban J connectivity index is 0. The molecule has 0 unspecified atom stereocenters. The van der Waals surface area contributed by atoms with Crippen LogP contribution in [0.1, 0.15) is 0 Å². The molecule has 0 aromatic heterocycles. The summed E-state index contributed by atoms with van der Waals surface area (Å²) in [5.74, 6) is 0. The molecule has 0 aliphatic heterocycles. The maximum absolute atomic E-state index is 9.00. The van der Waals surface area contributed by atoms with E-state index in [1.54, 1.807) is 0 Å². The SMILES string of the molecule is NC(N)(OO)OOC(N)(N)OOO.NC(N)=O. The molecule has 0 atom stereocenters. The number of hydrogen-bond donors (Lipinski definition) is 8. The Labute approximate surface area is 93.5 Å². The molecule has 17 heavy (non-hydrogen) atoms. The standard InChI is InChI=1S/C2H10N4O7.CH4N2O/c3-1(4,9-7)10-11-2(5,6)12-13-8;2-1(3)4/h7-8H,3-6H2;(H4,2,3,4). The smallest absolute Gasteiger partial charge is 0.346 e. The maximum atomic E-state index is 9.00. The van der Waals surface area contributed by atoms with E-state index in [9.17, 15) is 0 Å². The Hall–Kier alpha value is -1.17. The average Bonchev–Trinajstić information content (AvgIpc) is 2.14. The van der Waals surface area contributed by atoms with Crippen LogP contribution in [-0.4, -0.2) is 28.6 Å². The second-order valence-corrected chi connectivity index (χ2v) is 2.26. The first-order valence-electron chi connectivity index (χ1n) is 3.45. The number of carbonyl (C=O) groups excluding carboxylic acids is 1. The highest BCUT2D eigenvalue weighted by atomic mass is 17.5. The quantitative estimate of drug-likeness (QED) is 0.129. The third-order valence-electron chi connectivity index (χ3n) is 0.612. The van der Waals surface area contributed by atoms with Crippen molar-refractivity contribution >= 4 is 6.03 Å². The zero-order valence-electron chi connectivity index (χ0n) is 8.31. The van der Waals surface area contributed by atoms with E-state index in [1.807, 2.05) is 0 Å². The lowest BCUT2D eigenvalue weighted by molar-refractivity contribution is -0.618. The Morgan fingerprint density at radius 1 is 0.882 bits per heavy atom. The molecule has 0 rings (SSSR count). The fraction of sp³-hybridized carbons (Fsp3) is 0.667. The average molecular weight is 262 g/mol. The van der Waals surface area contributed by atoms with Gasteiger partial charge >= 0.3 is 18.1 Å². The Bertz CT molecular complexity index is 217. The van der Waals surface area contributed by atoms with Gasteiger partial charge in [-0.1, -0.05) is 5.04 Å². The Kier molecular flexibility index (Phi) is 8.57. The monoisotopic (exact) mass is 262 g/mol. The molecule has 14 nitrogen and oxygen atoms in total. The predicted octanol–water partition coefficient (Wildman–Crippen LogP) is -4.07. The Morgan fingerprint density at radius 2 is 1.24 bits per heavy atom. The first-order chi connectivity index (χ1) is 7.56. The van der Waals surface area contributed by atoms with Gasteiger partial charge in [-0.05, 0) is 0 Å². The molecular formula is C3H14N6O8. The lowest BCUT2D eigenvalue weighted by Crippen LogP contribution is -2.60. The minimum Gasteiger partial charge on any atom is -0.352 e. The summed E-state index contributed by atoms with van der Waals surface area (Å²) in [7, 11) is 0. The van der Waals surface area contributed by atoms with Crippen LogP contribution in [0.2, 0.25) is 0 Å². The first-order valence-corrected chi connectivity index (χ1v) is 3.45. The van der Waals surface area contributed by atoms with E-state index in [1.165, 1.54) is 0 Å². The van der Waals surface area contributed by atoms with Gasteiger partial charge in [-0.15, -0.1) is 4.89 Å². The molecular weight excluding hydrogens is 248 g/mol. The lowest BCUT2D eigenvalue weighted by atomic mass is 10.9. The van der Waals surface area contributed by atoms with Crippen LogP contribution in [0.25, 0.3) is 0 Å². The summed E-state index contributed by atoms with van der Waals surface area (Å²) >= 11 is 0. The summed E-state index contributed by atoms with van der Waals surface area (Å²) < 4.78 is 0. The van der Waals surface area contributed by atoms with Crippen molar-refractivity contribution in [1.29, 1.82) is 0 Å². The fourth-order valence-electron chi connectivity index (χ4n) is 0.218. The van der Waals surface area contributed by atoms with Crippen molar-refractivity contribution in [3.05, 3.63) is 0 Å². The van der Waals surface area contributed by atoms with Crippen molar-refractivity contribution in [2.45, 2.75) is 12.1 Å². The summed E-state index contributed by atoms with van der Waals surface area (Å²) in [4.78, 5) is 23.9. The normalized spacial score (nSPS) is 11.6. The van der Waals surface area contributed by atoms with Crippen LogP contribution >= 0.6 is 0 Å². The molecule has 0 heterocycles. The molecule has 0 radical (unpaired) electrons. The molecule has 14 N–H and O–H groups in total. The summed E-state index contributed by atoms with van der Waals surface area (Å²) in [5.41, 5.74) is 27.8. The van der Waals surface area contributed by atoms with Gasteiger partial charge in [0.1, 0.15) is 0 Å². The van der Waals surface area contributed by atoms with Gasteiger partial charge in [-0.3, -0.25) is 22.9 Å². The second-order valence-electron chi connectivity index (χ2n) is 2.26. The summed E-state index contributed by atoms with van der Waals surface area (Å²) in [6.07, 6.45) is 0. The predicted molar refractivity (Wildman–Crippen MR) is 46.7 cm³/mol. The fourth-order valence-corrected chi connectivity index (χ4v) is 0.218. The second kappa shape index (κ2) is 8.00. The van der Waals surface area contributed by atoms with Crippen LogP contribution in [0.4, 0.5) is 4.79 Å². The zero-order valence-corrected chi connectivity index (χ0v) is 8.31. The summed E-state index contributed by atoms with van der Waals surface area (Å²) in [6, 6.07) is -5.82. The van der Waals surface area contributed by atoms with Gasteiger partial charge in [0.25, 0.3) is 0 Å². The van der Waals surface area contributed by atoms with E-state index in [2.05, 4.69) is 36.1 Å². The molecule has 0 aromatic rings. The van der Waals surface area contributed by atoms with Crippen molar-refractivity contribution in [3.63, 3.8) is 0 Å². The molecule has 0 spiro atoms. The minimum absolute atomic E-state index is 0.833. The van der Waals surface area contributed by atoms with Crippen LogP contribution < -0.4 is 34.4 Å². The zero-order chi connectivity index (χ0) is 14.1. The lowest BCUT2D eigenvalue weighted by Gasteiger charge is -2.24. The highest BCUT2D eigenvalue weighted by Crippen LogP contribution is 2.02. The topological polar surface area (TPSA) is 260 Å². The molecule has 0 saturated carbocycles. The molecule has 14 heteroatoms. The van der Waals surface area contributed by atoms with Crippen LogP contribution in [0.3, 0.4) is 0 Å². The van der Waals surface area contributed by atoms with E-state index in [4.69, 9.17) is 38.2 Å². The largest absolute Gasteiger partial charge is 0.352 e. The van der Waals surface area contributed by atoms with E-state index < -0.39 is 18.1 Å². The first kappa shape index (κ1) is 18.2. The van der Waals surface area contributed by atoms with Crippen LogP contribution in [0.15, 0.2) is 0 Å². The molecule has 104 valence electrons. The van der Waals surface area contributed by atoms with Gasteiger partial charge in [0.05, 0.1) is 0 Å². The number of hydrogen-bond acceptors (Lipinski definition) is 12. The molecule has 2 amide bonds. The molecule has 0 aliphatic rings. The van der Waals surface area contributed by atoms with Crippen LogP contribution in [0.5, 0.6) is 0 Å². The van der Waals surface area contributed by atoms with Crippen molar-refractivity contribution in [2.75, 3.05) is 0 Å². The van der Waals surface area contributed by atoms with E-state index in [0.29, 0.717) is 0 Å². The number of primary amides is 2. The van der Waals surface area contributed by atoms with Crippen LogP contribution in [0, 0.1) is 0 Å². The summed E-state index contributed by atoms with van der Waals surface area (Å²) in [5, 5.41) is 18.8. The summed E-state index contributed by atoms with van der Waals surface area (Å²) in [6.45, 7) is 0. The van der Waals surface area contributed by atoms with Gasteiger partial charge < -0.3 is 11.5 Å². The van der Waals surface area contributed by atoms with Crippen molar-refractivity contribution < 1.29 is 39.9 Å². The van der Waals surface area contributed by atoms with Gasteiger partial charge in [-0.2, -0.15) is 14.7 Å². The van der Waals surface area contributed by atoms with Crippen molar-refractivity contribution in [1.82, 2.24) is 0 Å². The number of carbonyl (C=O) groups is 1. The molecule has 0 aliphatic carbocycles. The highest BCUT2D eigenvalue weighted by Gasteiger charge is 2.31. The number of rotatable bonds is 6. The maximum Gasteiger partial charge on any atom is 0.346 e. The molecule has 0 bridgehead atoms. The number of urea groups is 1. The van der Waals surface area contributed by atoms with Crippen molar-refractivity contribution in [3.8, 4) is 0 Å². The minimum atomic E-state index is -2.50. The van der Waals surface area contributed by atoms with Crippen LogP contribution in [-0.2, 0) is 24.6 Å². The van der Waals surface area contributed by atoms with Crippen molar-refractivity contribution in [2.24, 2.45) is 34.4 Å². The molecule has 0 aromatic carbocycles. The van der Waals surface area contributed by atoms with Gasteiger partial charge in [-0.25, -0.2) is 15.3 Å². The van der Waals surface area contributed by atoms with E-state index in [0.717, 1.165) is 0 Å². The Morgan fingerprint density at radius 3 is 1.53 bits per heavy atom. The van der Waals surface area contributed by atoms with Gasteiger partial charge in [0, 0.05) is 0 Å². The van der Waals surface area contributed by atoms with E-state index in [-0.39, 0.29) is 0 Å². The number of nitrogens with two attached hydrogens (primary N) is 6. The molecule has 0 saturated heterocycles. The van der Waals surface area contributed by atoms with E-state index >= 15 is 0 Å². The van der Waals surface area contributed by atoms with Gasteiger partial charge in [0.15, 0.2) is 0 Å². The third-order valence-corrected chi connectivity index (χ3v) is 0.612. The van der Waals surface area contributed by atoms with Gasteiger partial charge in [0.2, 0.25) is 0 Å². The number of amides is 2.